The van der Waals surface area contributed by atoms with Crippen molar-refractivity contribution in [2.24, 2.45) is 11.0 Å². The molecule has 19 heavy (non-hydrogen) atoms. The summed E-state index contributed by atoms with van der Waals surface area (Å²) in [6.45, 7) is 2.49. The van der Waals surface area contributed by atoms with E-state index in [1.807, 2.05) is 0 Å². The topological polar surface area (TPSA) is 82.0 Å². The highest BCUT2D eigenvalue weighted by atomic mass is 35.5. The van der Waals surface area contributed by atoms with Crippen LogP contribution in [0.25, 0.3) is 10.4 Å². The van der Waals surface area contributed by atoms with Gasteiger partial charge in [0.25, 0.3) is 0 Å². The maximum atomic E-state index is 12.0. The summed E-state index contributed by atoms with van der Waals surface area (Å²) in [5.41, 5.74) is 8.92. The Balaban J connectivity index is 2.25. The summed E-state index contributed by atoms with van der Waals surface area (Å²) < 4.78 is 0. The molecule has 0 N–H and O–H groups in total. The van der Waals surface area contributed by atoms with E-state index in [0.717, 1.165) is 0 Å². The molecule has 1 aliphatic heterocycles. The minimum Gasteiger partial charge on any atom is -0.295 e. The summed E-state index contributed by atoms with van der Waals surface area (Å²) in [5.74, 6) is 0.337. The lowest BCUT2D eigenvalue weighted by atomic mass is 10.1. The zero-order valence-corrected chi connectivity index (χ0v) is 11.7. The number of aryl methyl sites for hydroxylation is 1. The summed E-state index contributed by atoms with van der Waals surface area (Å²) in [6.07, 6.45) is 0.332. The molecule has 1 aliphatic rings. The molecule has 0 aromatic carbocycles. The molecule has 1 saturated heterocycles. The first kappa shape index (κ1) is 13.9. The van der Waals surface area contributed by atoms with Gasteiger partial charge < -0.3 is 0 Å². The number of carbonyl (C=O) groups is 1. The van der Waals surface area contributed by atoms with E-state index in [0.29, 0.717) is 41.1 Å². The summed E-state index contributed by atoms with van der Waals surface area (Å²) in [7, 11) is 0. The number of hydrogen-bond acceptors (Lipinski definition) is 3. The van der Waals surface area contributed by atoms with Crippen molar-refractivity contribution >= 4 is 34.9 Å². The lowest BCUT2D eigenvalue weighted by Crippen LogP contribution is -2.26. The average Bonchev–Trinajstić information content (AvgIpc) is 2.72. The van der Waals surface area contributed by atoms with E-state index < -0.39 is 0 Å². The number of carbonyl (C=O) groups excluding carboxylic acids is 1. The predicted molar refractivity (Wildman–Crippen MR) is 73.5 cm³/mol. The van der Waals surface area contributed by atoms with Gasteiger partial charge in [-0.3, -0.25) is 9.69 Å². The summed E-state index contributed by atoms with van der Waals surface area (Å²) in [5, 5.41) is 4.30. The highest BCUT2D eigenvalue weighted by molar-refractivity contribution is 6.36. The SMILES string of the molecule is Cc1nc(N2CC(CN=[N+]=[N-])CC2=O)c(Cl)cc1Cl. The molecule has 2 heterocycles. The molecule has 1 aromatic rings. The first-order valence-corrected chi connectivity index (χ1v) is 6.42. The van der Waals surface area contributed by atoms with Crippen molar-refractivity contribution in [1.82, 2.24) is 4.98 Å². The zero-order valence-electron chi connectivity index (χ0n) is 10.2. The standard InChI is InChI=1S/C11H11Cl2N5O/c1-6-8(12)3-9(13)11(16-6)18-5-7(2-10(18)19)4-15-17-14/h3,7H,2,4-5H2,1H3. The van der Waals surface area contributed by atoms with Crippen LogP contribution in [0.4, 0.5) is 5.82 Å². The molecular weight excluding hydrogens is 289 g/mol. The Morgan fingerprint density at radius 3 is 3.00 bits per heavy atom. The van der Waals surface area contributed by atoms with Crippen LogP contribution in [0.3, 0.4) is 0 Å². The zero-order chi connectivity index (χ0) is 14.0. The van der Waals surface area contributed by atoms with Gasteiger partial charge in [-0.25, -0.2) is 4.98 Å². The van der Waals surface area contributed by atoms with Gasteiger partial charge in [-0.2, -0.15) is 0 Å². The first-order valence-electron chi connectivity index (χ1n) is 5.66. The van der Waals surface area contributed by atoms with Crippen LogP contribution >= 0.6 is 23.2 Å². The van der Waals surface area contributed by atoms with Gasteiger partial charge in [0.15, 0.2) is 5.82 Å². The predicted octanol–water partition coefficient (Wildman–Crippen LogP) is 3.36. The Hall–Kier alpha value is -1.49. The fraction of sp³-hybridized carbons (Fsp3) is 0.455. The van der Waals surface area contributed by atoms with Crippen molar-refractivity contribution in [2.75, 3.05) is 18.0 Å². The van der Waals surface area contributed by atoms with Crippen molar-refractivity contribution in [3.63, 3.8) is 0 Å². The van der Waals surface area contributed by atoms with Crippen LogP contribution in [0.1, 0.15) is 12.1 Å². The van der Waals surface area contributed by atoms with E-state index in [1.54, 1.807) is 13.0 Å². The van der Waals surface area contributed by atoms with Crippen LogP contribution < -0.4 is 4.90 Å². The van der Waals surface area contributed by atoms with Crippen LogP contribution in [0.2, 0.25) is 10.0 Å². The summed E-state index contributed by atoms with van der Waals surface area (Å²) in [6, 6.07) is 1.58. The van der Waals surface area contributed by atoms with Gasteiger partial charge in [-0.15, -0.1) is 0 Å². The minimum absolute atomic E-state index is 0.00255. The highest BCUT2D eigenvalue weighted by Crippen LogP contribution is 2.32. The molecule has 1 fully saturated rings. The molecule has 0 aliphatic carbocycles. The van der Waals surface area contributed by atoms with E-state index in [-0.39, 0.29) is 11.8 Å². The first-order chi connectivity index (χ1) is 9.02. The highest BCUT2D eigenvalue weighted by Gasteiger charge is 2.32. The van der Waals surface area contributed by atoms with Crippen molar-refractivity contribution < 1.29 is 4.79 Å². The molecule has 6 nitrogen and oxygen atoms in total. The van der Waals surface area contributed by atoms with E-state index in [9.17, 15) is 4.79 Å². The Morgan fingerprint density at radius 1 is 1.58 bits per heavy atom. The van der Waals surface area contributed by atoms with Crippen molar-refractivity contribution in [3.05, 3.63) is 32.2 Å². The number of azide groups is 1. The number of anilines is 1. The van der Waals surface area contributed by atoms with Gasteiger partial charge in [0, 0.05) is 24.4 Å². The third-order valence-corrected chi connectivity index (χ3v) is 3.61. The third-order valence-electron chi connectivity index (χ3n) is 2.95. The molecule has 0 spiro atoms. The third kappa shape index (κ3) is 2.92. The Bertz CT molecular complexity index is 570. The van der Waals surface area contributed by atoms with Gasteiger partial charge in [-0.1, -0.05) is 28.3 Å². The normalized spacial score (nSPS) is 18.6. The monoisotopic (exact) mass is 299 g/mol. The molecule has 1 atom stereocenters. The van der Waals surface area contributed by atoms with E-state index in [4.69, 9.17) is 28.7 Å². The van der Waals surface area contributed by atoms with E-state index >= 15 is 0 Å². The number of aromatic nitrogens is 1. The number of nitrogens with zero attached hydrogens (tertiary/aromatic N) is 5. The van der Waals surface area contributed by atoms with Crippen LogP contribution in [-0.2, 0) is 4.79 Å². The summed E-state index contributed by atoms with van der Waals surface area (Å²) >= 11 is 12.0. The van der Waals surface area contributed by atoms with Crippen LogP contribution in [-0.4, -0.2) is 24.0 Å². The quantitative estimate of drug-likeness (QED) is 0.487. The number of amides is 1. The maximum absolute atomic E-state index is 12.0. The van der Waals surface area contributed by atoms with Crippen LogP contribution in [0, 0.1) is 12.8 Å². The molecular formula is C11H11Cl2N5O. The fourth-order valence-electron chi connectivity index (χ4n) is 2.00. The second-order valence-corrected chi connectivity index (χ2v) is 5.16. The van der Waals surface area contributed by atoms with Gasteiger partial charge in [-0.05, 0) is 24.4 Å². The van der Waals surface area contributed by atoms with Gasteiger partial charge >= 0.3 is 0 Å². The van der Waals surface area contributed by atoms with Crippen LogP contribution in [0.5, 0.6) is 0 Å². The van der Waals surface area contributed by atoms with E-state index in [1.165, 1.54) is 4.90 Å². The molecule has 0 saturated carbocycles. The van der Waals surface area contributed by atoms with Crippen molar-refractivity contribution in [2.45, 2.75) is 13.3 Å². The Labute approximate surface area is 119 Å². The van der Waals surface area contributed by atoms with Crippen LogP contribution in [0.15, 0.2) is 11.2 Å². The molecule has 100 valence electrons. The van der Waals surface area contributed by atoms with Gasteiger partial charge in [0.1, 0.15) is 0 Å². The minimum atomic E-state index is -0.0748. The Kier molecular flexibility index (Phi) is 4.14. The number of halogens is 2. The second kappa shape index (κ2) is 5.65. The average molecular weight is 300 g/mol. The molecule has 1 aromatic heterocycles. The van der Waals surface area contributed by atoms with Gasteiger partial charge in [0.05, 0.1) is 15.7 Å². The summed E-state index contributed by atoms with van der Waals surface area (Å²) in [4.78, 5) is 20.4. The molecule has 8 heteroatoms. The molecule has 1 unspecified atom stereocenters. The lowest BCUT2D eigenvalue weighted by Gasteiger charge is -2.17. The lowest BCUT2D eigenvalue weighted by molar-refractivity contribution is -0.117. The Morgan fingerprint density at radius 2 is 2.32 bits per heavy atom. The molecule has 0 radical (unpaired) electrons. The fourth-order valence-corrected chi connectivity index (χ4v) is 2.46. The number of rotatable bonds is 3. The van der Waals surface area contributed by atoms with Crippen molar-refractivity contribution in [3.8, 4) is 0 Å². The number of hydrogen-bond donors (Lipinski definition) is 0. The molecule has 2 rings (SSSR count). The molecule has 1 amide bonds. The van der Waals surface area contributed by atoms with Crippen molar-refractivity contribution in [1.29, 1.82) is 0 Å². The smallest absolute Gasteiger partial charge is 0.228 e. The number of pyridine rings is 1. The second-order valence-electron chi connectivity index (χ2n) is 4.35. The molecule has 0 bridgehead atoms. The largest absolute Gasteiger partial charge is 0.295 e. The van der Waals surface area contributed by atoms with E-state index in [2.05, 4.69) is 15.0 Å². The van der Waals surface area contributed by atoms with Gasteiger partial charge in [0.2, 0.25) is 5.91 Å². The maximum Gasteiger partial charge on any atom is 0.228 e.